The Bertz CT molecular complexity index is 639. The van der Waals surface area contributed by atoms with E-state index >= 15 is 0 Å². The lowest BCUT2D eigenvalue weighted by Gasteiger charge is -2.33. The summed E-state index contributed by atoms with van der Waals surface area (Å²) in [5.74, 6) is -0.168. The molecule has 144 valence electrons. The molecule has 0 radical (unpaired) electrons. The second-order valence-electron chi connectivity index (χ2n) is 7.49. The third-order valence-electron chi connectivity index (χ3n) is 5.26. The summed E-state index contributed by atoms with van der Waals surface area (Å²) in [7, 11) is 1.87. The second-order valence-corrected chi connectivity index (χ2v) is 7.49. The van der Waals surface area contributed by atoms with Gasteiger partial charge in [0.15, 0.2) is 0 Å². The average molecular weight is 363 g/mol. The van der Waals surface area contributed by atoms with Gasteiger partial charge < -0.3 is 20.3 Å². The van der Waals surface area contributed by atoms with Gasteiger partial charge in [-0.2, -0.15) is 5.10 Å². The van der Waals surface area contributed by atoms with E-state index in [1.54, 1.807) is 9.58 Å². The van der Waals surface area contributed by atoms with Crippen molar-refractivity contribution in [3.8, 4) is 0 Å². The molecule has 3 rings (SSSR count). The standard InChI is InChI=1S/C18H29N5O3/c1-12(2)16(18(25)23-4-6-26-7-5-23)21-17(24)15-10-19-9-14(15)13-8-20-22(3)11-13/h8,11-12,14-16,19H,4-7,9-10H2,1-3H3,(H,21,24)/t14-,15+,16?/m1/s1. The maximum Gasteiger partial charge on any atom is 0.245 e. The summed E-state index contributed by atoms with van der Waals surface area (Å²) in [5, 5.41) is 10.5. The number of aryl methyl sites for hydroxylation is 1. The van der Waals surface area contributed by atoms with Crippen molar-refractivity contribution in [2.45, 2.75) is 25.8 Å². The molecule has 2 amide bonds. The highest BCUT2D eigenvalue weighted by molar-refractivity contribution is 5.89. The van der Waals surface area contributed by atoms with Crippen LogP contribution in [-0.2, 0) is 21.4 Å². The maximum absolute atomic E-state index is 13.0. The lowest BCUT2D eigenvalue weighted by Crippen LogP contribution is -2.55. The summed E-state index contributed by atoms with van der Waals surface area (Å²) in [6, 6.07) is -0.504. The molecule has 0 bridgehead atoms. The smallest absolute Gasteiger partial charge is 0.245 e. The number of aromatic nitrogens is 2. The van der Waals surface area contributed by atoms with Gasteiger partial charge in [-0.3, -0.25) is 14.3 Å². The van der Waals surface area contributed by atoms with Gasteiger partial charge in [-0.15, -0.1) is 0 Å². The van der Waals surface area contributed by atoms with E-state index in [0.29, 0.717) is 32.8 Å². The molecule has 2 saturated heterocycles. The van der Waals surface area contributed by atoms with Gasteiger partial charge >= 0.3 is 0 Å². The van der Waals surface area contributed by atoms with Crippen molar-refractivity contribution >= 4 is 11.8 Å². The zero-order valence-electron chi connectivity index (χ0n) is 15.8. The fourth-order valence-corrected chi connectivity index (χ4v) is 3.69. The van der Waals surface area contributed by atoms with Crippen molar-refractivity contribution in [1.29, 1.82) is 0 Å². The highest BCUT2D eigenvalue weighted by atomic mass is 16.5. The first-order chi connectivity index (χ1) is 12.5. The highest BCUT2D eigenvalue weighted by Crippen LogP contribution is 2.28. The minimum absolute atomic E-state index is 0.0134. The summed E-state index contributed by atoms with van der Waals surface area (Å²) in [6.07, 6.45) is 3.77. The van der Waals surface area contributed by atoms with E-state index in [1.807, 2.05) is 33.3 Å². The molecule has 3 heterocycles. The number of morpholine rings is 1. The van der Waals surface area contributed by atoms with Gasteiger partial charge in [-0.05, 0) is 11.5 Å². The molecule has 2 aliphatic rings. The Hall–Kier alpha value is -1.93. The number of amides is 2. The van der Waals surface area contributed by atoms with Crippen molar-refractivity contribution in [2.24, 2.45) is 18.9 Å². The minimum atomic E-state index is -0.504. The Morgan fingerprint density at radius 3 is 2.65 bits per heavy atom. The molecule has 2 fully saturated rings. The summed E-state index contributed by atoms with van der Waals surface area (Å²) in [4.78, 5) is 27.6. The van der Waals surface area contributed by atoms with Gasteiger partial charge in [0, 0.05) is 45.3 Å². The van der Waals surface area contributed by atoms with Crippen LogP contribution in [-0.4, -0.2) is 71.9 Å². The van der Waals surface area contributed by atoms with Crippen LogP contribution in [0.3, 0.4) is 0 Å². The van der Waals surface area contributed by atoms with Crippen LogP contribution in [0, 0.1) is 11.8 Å². The summed E-state index contributed by atoms with van der Waals surface area (Å²) < 4.78 is 7.07. The van der Waals surface area contributed by atoms with E-state index in [0.717, 1.165) is 12.1 Å². The molecule has 1 aromatic rings. The number of hydrogen-bond donors (Lipinski definition) is 2. The molecular formula is C18H29N5O3. The van der Waals surface area contributed by atoms with Crippen LogP contribution in [0.15, 0.2) is 12.4 Å². The first-order valence-electron chi connectivity index (χ1n) is 9.33. The zero-order valence-corrected chi connectivity index (χ0v) is 15.8. The van der Waals surface area contributed by atoms with Crippen molar-refractivity contribution in [3.05, 3.63) is 18.0 Å². The quantitative estimate of drug-likeness (QED) is 0.751. The summed E-state index contributed by atoms with van der Waals surface area (Å²) >= 11 is 0. The van der Waals surface area contributed by atoms with Crippen molar-refractivity contribution in [1.82, 2.24) is 25.3 Å². The number of rotatable bonds is 5. The van der Waals surface area contributed by atoms with Crippen LogP contribution in [0.5, 0.6) is 0 Å². The SMILES string of the molecule is CC(C)C(NC(=O)[C@H]1CNC[C@@H]1c1cnn(C)c1)C(=O)N1CCOCC1. The Morgan fingerprint density at radius 1 is 1.31 bits per heavy atom. The van der Waals surface area contributed by atoms with Gasteiger partial charge in [0.05, 0.1) is 25.3 Å². The Morgan fingerprint density at radius 2 is 2.04 bits per heavy atom. The minimum Gasteiger partial charge on any atom is -0.378 e. The molecule has 1 unspecified atom stereocenters. The molecular weight excluding hydrogens is 334 g/mol. The predicted molar refractivity (Wildman–Crippen MR) is 96.5 cm³/mol. The van der Waals surface area contributed by atoms with Crippen molar-refractivity contribution < 1.29 is 14.3 Å². The average Bonchev–Trinajstić information content (AvgIpc) is 3.28. The van der Waals surface area contributed by atoms with Crippen LogP contribution in [0.1, 0.15) is 25.3 Å². The first kappa shape index (κ1) is 18.8. The highest BCUT2D eigenvalue weighted by Gasteiger charge is 2.37. The molecule has 0 saturated carbocycles. The number of carbonyl (C=O) groups excluding carboxylic acids is 2. The monoisotopic (exact) mass is 363 g/mol. The maximum atomic E-state index is 13.0. The first-order valence-corrected chi connectivity index (χ1v) is 9.33. The van der Waals surface area contributed by atoms with Crippen LogP contribution >= 0.6 is 0 Å². The lowest BCUT2D eigenvalue weighted by atomic mass is 9.89. The Kier molecular flexibility index (Phi) is 5.93. The van der Waals surface area contributed by atoms with Crippen LogP contribution in [0.25, 0.3) is 0 Å². The molecule has 0 aliphatic carbocycles. The predicted octanol–water partition coefficient (Wildman–Crippen LogP) is -0.277. The molecule has 1 aromatic heterocycles. The molecule has 0 aromatic carbocycles. The second kappa shape index (κ2) is 8.18. The van der Waals surface area contributed by atoms with E-state index in [1.165, 1.54) is 0 Å². The normalized spacial score (nSPS) is 24.7. The van der Waals surface area contributed by atoms with Crippen LogP contribution in [0.4, 0.5) is 0 Å². The van der Waals surface area contributed by atoms with E-state index in [2.05, 4.69) is 15.7 Å². The third-order valence-corrected chi connectivity index (χ3v) is 5.26. The molecule has 2 aliphatic heterocycles. The third kappa shape index (κ3) is 4.07. The van der Waals surface area contributed by atoms with Gasteiger partial charge in [0.2, 0.25) is 11.8 Å². The van der Waals surface area contributed by atoms with Crippen LogP contribution < -0.4 is 10.6 Å². The topological polar surface area (TPSA) is 88.5 Å². The van der Waals surface area contributed by atoms with E-state index < -0.39 is 6.04 Å². The molecule has 8 nitrogen and oxygen atoms in total. The Balaban J connectivity index is 1.68. The largest absolute Gasteiger partial charge is 0.378 e. The van der Waals surface area contributed by atoms with Crippen molar-refractivity contribution in [3.63, 3.8) is 0 Å². The van der Waals surface area contributed by atoms with E-state index in [4.69, 9.17) is 4.74 Å². The summed E-state index contributed by atoms with van der Waals surface area (Å²) in [5.41, 5.74) is 1.05. The van der Waals surface area contributed by atoms with E-state index in [9.17, 15) is 9.59 Å². The van der Waals surface area contributed by atoms with Gasteiger partial charge in [-0.1, -0.05) is 13.8 Å². The van der Waals surface area contributed by atoms with Gasteiger partial charge in [0.1, 0.15) is 6.04 Å². The summed E-state index contributed by atoms with van der Waals surface area (Å²) in [6.45, 7) is 7.57. The van der Waals surface area contributed by atoms with Gasteiger partial charge in [0.25, 0.3) is 0 Å². The van der Waals surface area contributed by atoms with Crippen molar-refractivity contribution in [2.75, 3.05) is 39.4 Å². The molecule has 3 atom stereocenters. The Labute approximate surface area is 154 Å². The zero-order chi connectivity index (χ0) is 18.7. The van der Waals surface area contributed by atoms with Gasteiger partial charge in [-0.25, -0.2) is 0 Å². The molecule has 26 heavy (non-hydrogen) atoms. The number of hydrogen-bond acceptors (Lipinski definition) is 5. The van der Waals surface area contributed by atoms with E-state index in [-0.39, 0.29) is 29.6 Å². The molecule has 0 spiro atoms. The molecule has 8 heteroatoms. The number of nitrogens with zero attached hydrogens (tertiary/aromatic N) is 3. The number of carbonyl (C=O) groups is 2. The van der Waals surface area contributed by atoms with Crippen LogP contribution in [0.2, 0.25) is 0 Å². The molecule has 2 N–H and O–H groups in total. The fourth-order valence-electron chi connectivity index (χ4n) is 3.69. The number of nitrogens with one attached hydrogen (secondary N) is 2. The fraction of sp³-hybridized carbons (Fsp3) is 0.722. The lowest BCUT2D eigenvalue weighted by molar-refractivity contribution is -0.141. The number of ether oxygens (including phenoxy) is 1.